The standard InChI is InChI=1S/C16H23N3OS/c1-12(2)9-13(17-3)10-16-18-15(19-20-16)11-21-14-7-5-4-6-8-14/h4-8,12-13,17H,9-11H2,1-3H3. The lowest BCUT2D eigenvalue weighted by atomic mass is 10.0. The quantitative estimate of drug-likeness (QED) is 0.756. The topological polar surface area (TPSA) is 51.0 Å². The van der Waals surface area contributed by atoms with Gasteiger partial charge in [0.1, 0.15) is 0 Å². The first-order chi connectivity index (χ1) is 10.2. The van der Waals surface area contributed by atoms with Crippen molar-refractivity contribution in [3.05, 3.63) is 42.0 Å². The van der Waals surface area contributed by atoms with Gasteiger partial charge in [0.2, 0.25) is 5.89 Å². The minimum absolute atomic E-state index is 0.389. The Bertz CT molecular complexity index is 527. The zero-order chi connectivity index (χ0) is 15.1. The Labute approximate surface area is 130 Å². The number of aromatic nitrogens is 2. The molecule has 0 aliphatic rings. The summed E-state index contributed by atoms with van der Waals surface area (Å²) in [6.07, 6.45) is 1.89. The van der Waals surface area contributed by atoms with E-state index in [4.69, 9.17) is 4.52 Å². The van der Waals surface area contributed by atoms with Crippen LogP contribution in [0.25, 0.3) is 0 Å². The molecule has 5 heteroatoms. The van der Waals surface area contributed by atoms with Crippen molar-refractivity contribution < 1.29 is 4.52 Å². The Kier molecular flexibility index (Phi) is 6.26. The van der Waals surface area contributed by atoms with Crippen LogP contribution in [0.2, 0.25) is 0 Å². The SMILES string of the molecule is CNC(Cc1nc(CSc2ccccc2)no1)CC(C)C. The van der Waals surface area contributed by atoms with Crippen LogP contribution in [0.3, 0.4) is 0 Å². The number of thioether (sulfide) groups is 1. The first kappa shape index (κ1) is 16.0. The fraction of sp³-hybridized carbons (Fsp3) is 0.500. The number of hydrogen-bond acceptors (Lipinski definition) is 5. The highest BCUT2D eigenvalue weighted by Crippen LogP contribution is 2.21. The number of benzene rings is 1. The van der Waals surface area contributed by atoms with Gasteiger partial charge in [0.25, 0.3) is 0 Å². The average molecular weight is 305 g/mol. The molecule has 0 saturated carbocycles. The molecule has 0 bridgehead atoms. The maximum Gasteiger partial charge on any atom is 0.228 e. The molecule has 0 spiro atoms. The predicted molar refractivity (Wildman–Crippen MR) is 86.3 cm³/mol. The lowest BCUT2D eigenvalue weighted by molar-refractivity contribution is 0.343. The van der Waals surface area contributed by atoms with Crippen LogP contribution in [0.5, 0.6) is 0 Å². The van der Waals surface area contributed by atoms with Crippen LogP contribution in [0.4, 0.5) is 0 Å². The molecule has 1 aromatic heterocycles. The van der Waals surface area contributed by atoms with Crippen molar-refractivity contribution in [1.82, 2.24) is 15.5 Å². The summed E-state index contributed by atoms with van der Waals surface area (Å²) in [7, 11) is 1.98. The second kappa shape index (κ2) is 8.20. The molecule has 2 rings (SSSR count). The summed E-state index contributed by atoms with van der Waals surface area (Å²) in [5.41, 5.74) is 0. The van der Waals surface area contributed by atoms with E-state index in [0.717, 1.165) is 30.3 Å². The smallest absolute Gasteiger partial charge is 0.228 e. The molecule has 21 heavy (non-hydrogen) atoms. The number of likely N-dealkylation sites (N-methyl/N-ethyl adjacent to an activating group) is 1. The molecule has 1 heterocycles. The molecule has 1 N–H and O–H groups in total. The fourth-order valence-electron chi connectivity index (χ4n) is 2.18. The lowest BCUT2D eigenvalue weighted by Gasteiger charge is -2.15. The van der Waals surface area contributed by atoms with Crippen molar-refractivity contribution in [2.75, 3.05) is 7.05 Å². The molecule has 0 amide bonds. The minimum atomic E-state index is 0.389. The van der Waals surface area contributed by atoms with E-state index in [9.17, 15) is 0 Å². The van der Waals surface area contributed by atoms with Crippen molar-refractivity contribution in [1.29, 1.82) is 0 Å². The number of rotatable bonds is 8. The van der Waals surface area contributed by atoms with Crippen LogP contribution in [-0.2, 0) is 12.2 Å². The minimum Gasteiger partial charge on any atom is -0.339 e. The first-order valence-corrected chi connectivity index (χ1v) is 8.32. The van der Waals surface area contributed by atoms with Crippen LogP contribution >= 0.6 is 11.8 Å². The fourth-order valence-corrected chi connectivity index (χ4v) is 2.94. The second-order valence-corrected chi connectivity index (χ2v) is 6.57. The average Bonchev–Trinajstić information content (AvgIpc) is 2.92. The number of hydrogen-bond donors (Lipinski definition) is 1. The number of nitrogens with zero attached hydrogens (tertiary/aromatic N) is 2. The predicted octanol–water partition coefficient (Wildman–Crippen LogP) is 3.54. The van der Waals surface area contributed by atoms with Gasteiger partial charge in [-0.15, -0.1) is 11.8 Å². The molecule has 2 aromatic rings. The molecule has 1 unspecified atom stereocenters. The molecular weight excluding hydrogens is 282 g/mol. The van der Waals surface area contributed by atoms with Crippen molar-refractivity contribution in [2.45, 2.75) is 43.4 Å². The lowest BCUT2D eigenvalue weighted by Crippen LogP contribution is -2.29. The summed E-state index contributed by atoms with van der Waals surface area (Å²) in [6.45, 7) is 4.44. The Morgan fingerprint density at radius 2 is 2.00 bits per heavy atom. The van der Waals surface area contributed by atoms with E-state index >= 15 is 0 Å². The Balaban J connectivity index is 1.86. The summed E-state index contributed by atoms with van der Waals surface area (Å²) in [4.78, 5) is 5.70. The van der Waals surface area contributed by atoms with Gasteiger partial charge in [-0.2, -0.15) is 4.98 Å². The maximum atomic E-state index is 5.35. The van der Waals surface area contributed by atoms with Crippen molar-refractivity contribution >= 4 is 11.8 Å². The van der Waals surface area contributed by atoms with Gasteiger partial charge in [-0.1, -0.05) is 37.2 Å². The van der Waals surface area contributed by atoms with Gasteiger partial charge in [-0.05, 0) is 31.5 Å². The Hall–Kier alpha value is -1.33. The van der Waals surface area contributed by atoms with Gasteiger partial charge in [0.15, 0.2) is 5.82 Å². The Morgan fingerprint density at radius 3 is 2.67 bits per heavy atom. The van der Waals surface area contributed by atoms with E-state index in [0.29, 0.717) is 12.0 Å². The molecule has 0 radical (unpaired) electrons. The summed E-state index contributed by atoms with van der Waals surface area (Å²) in [5.74, 6) is 2.87. The third-order valence-electron chi connectivity index (χ3n) is 3.21. The molecule has 1 aromatic carbocycles. The molecule has 0 aliphatic heterocycles. The van der Waals surface area contributed by atoms with Crippen LogP contribution in [0, 0.1) is 5.92 Å². The third kappa shape index (κ3) is 5.52. The van der Waals surface area contributed by atoms with Crippen LogP contribution < -0.4 is 5.32 Å². The van der Waals surface area contributed by atoms with Crippen LogP contribution in [0.1, 0.15) is 32.0 Å². The van der Waals surface area contributed by atoms with Gasteiger partial charge in [-0.3, -0.25) is 0 Å². The van der Waals surface area contributed by atoms with E-state index in [1.54, 1.807) is 11.8 Å². The van der Waals surface area contributed by atoms with Crippen molar-refractivity contribution in [2.24, 2.45) is 5.92 Å². The highest BCUT2D eigenvalue weighted by Gasteiger charge is 2.14. The summed E-state index contributed by atoms with van der Waals surface area (Å²) >= 11 is 1.72. The molecule has 4 nitrogen and oxygen atoms in total. The van der Waals surface area contributed by atoms with E-state index in [1.807, 2.05) is 25.2 Å². The van der Waals surface area contributed by atoms with E-state index < -0.39 is 0 Å². The summed E-state index contributed by atoms with van der Waals surface area (Å²) < 4.78 is 5.35. The van der Waals surface area contributed by atoms with Crippen LogP contribution in [-0.4, -0.2) is 23.2 Å². The van der Waals surface area contributed by atoms with E-state index in [2.05, 4.69) is 41.4 Å². The molecule has 1 atom stereocenters. The zero-order valence-corrected chi connectivity index (χ0v) is 13.7. The van der Waals surface area contributed by atoms with Crippen LogP contribution in [0.15, 0.2) is 39.8 Å². The maximum absolute atomic E-state index is 5.35. The van der Waals surface area contributed by atoms with Crippen molar-refractivity contribution in [3.63, 3.8) is 0 Å². The monoisotopic (exact) mass is 305 g/mol. The second-order valence-electron chi connectivity index (χ2n) is 5.53. The van der Waals surface area contributed by atoms with Gasteiger partial charge in [-0.25, -0.2) is 0 Å². The van der Waals surface area contributed by atoms with Crippen molar-refractivity contribution in [3.8, 4) is 0 Å². The van der Waals surface area contributed by atoms with Gasteiger partial charge < -0.3 is 9.84 Å². The highest BCUT2D eigenvalue weighted by atomic mass is 32.2. The van der Waals surface area contributed by atoms with E-state index in [1.165, 1.54) is 4.90 Å². The number of nitrogens with one attached hydrogen (secondary N) is 1. The summed E-state index contributed by atoms with van der Waals surface area (Å²) in [6, 6.07) is 10.7. The Morgan fingerprint density at radius 1 is 1.24 bits per heavy atom. The molecule has 114 valence electrons. The van der Waals surface area contributed by atoms with Gasteiger partial charge in [0.05, 0.1) is 5.75 Å². The zero-order valence-electron chi connectivity index (χ0n) is 12.9. The molecule has 0 aliphatic carbocycles. The van der Waals surface area contributed by atoms with Gasteiger partial charge >= 0.3 is 0 Å². The first-order valence-electron chi connectivity index (χ1n) is 7.34. The highest BCUT2D eigenvalue weighted by molar-refractivity contribution is 7.98. The third-order valence-corrected chi connectivity index (χ3v) is 4.21. The largest absolute Gasteiger partial charge is 0.339 e. The summed E-state index contributed by atoms with van der Waals surface area (Å²) in [5, 5.41) is 7.38. The van der Waals surface area contributed by atoms with E-state index in [-0.39, 0.29) is 0 Å². The molecule has 0 saturated heterocycles. The molecule has 0 fully saturated rings. The normalized spacial score (nSPS) is 12.8. The van der Waals surface area contributed by atoms with Gasteiger partial charge in [0, 0.05) is 17.4 Å². The molecular formula is C16H23N3OS.